The maximum absolute atomic E-state index is 12.5. The number of carbonyl (C=O) groups is 1. The lowest BCUT2D eigenvalue weighted by Crippen LogP contribution is -2.49. The average Bonchev–Trinajstić information content (AvgIpc) is 3.22. The third kappa shape index (κ3) is 4.06. The van der Waals surface area contributed by atoms with Gasteiger partial charge in [0, 0.05) is 51.2 Å². The molecule has 0 bridgehead atoms. The fourth-order valence-electron chi connectivity index (χ4n) is 4.02. The first kappa shape index (κ1) is 20.9. The smallest absolute Gasteiger partial charge is 0.243 e. The van der Waals surface area contributed by atoms with Crippen molar-refractivity contribution >= 4 is 38.5 Å². The van der Waals surface area contributed by atoms with Crippen molar-refractivity contribution in [2.45, 2.75) is 11.3 Å². The first-order valence-corrected chi connectivity index (χ1v) is 12.1. The number of anilines is 2. The second-order valence-electron chi connectivity index (χ2n) is 8.03. The van der Waals surface area contributed by atoms with E-state index in [-0.39, 0.29) is 17.3 Å². The van der Waals surface area contributed by atoms with E-state index in [4.69, 9.17) is 0 Å². The van der Waals surface area contributed by atoms with Gasteiger partial charge in [-0.1, -0.05) is 0 Å². The first-order chi connectivity index (χ1) is 15.5. The van der Waals surface area contributed by atoms with E-state index in [0.717, 1.165) is 49.5 Å². The van der Waals surface area contributed by atoms with Gasteiger partial charge in [-0.3, -0.25) is 9.69 Å². The van der Waals surface area contributed by atoms with E-state index in [1.165, 1.54) is 4.31 Å². The third-order valence-electron chi connectivity index (χ3n) is 5.96. The average molecular weight is 456 g/mol. The fraction of sp³-hybridized carbons (Fsp3) is 0.381. The Labute approximate surface area is 186 Å². The Bertz CT molecular complexity index is 1210. The zero-order chi connectivity index (χ0) is 22.1. The summed E-state index contributed by atoms with van der Waals surface area (Å²) in [6, 6.07) is 8.35. The van der Waals surface area contributed by atoms with Crippen LogP contribution in [-0.2, 0) is 14.8 Å². The number of aromatic amines is 1. The summed E-state index contributed by atoms with van der Waals surface area (Å²) < 4.78 is 26.3. The van der Waals surface area contributed by atoms with Crippen molar-refractivity contribution < 1.29 is 13.2 Å². The minimum absolute atomic E-state index is 0.119. The van der Waals surface area contributed by atoms with Crippen LogP contribution in [0.5, 0.6) is 0 Å². The van der Waals surface area contributed by atoms with Gasteiger partial charge in [0.2, 0.25) is 15.9 Å². The van der Waals surface area contributed by atoms with Gasteiger partial charge in [-0.2, -0.15) is 4.31 Å². The molecule has 2 N–H and O–H groups in total. The van der Waals surface area contributed by atoms with Crippen molar-refractivity contribution in [3.8, 4) is 0 Å². The van der Waals surface area contributed by atoms with Crippen LogP contribution in [0.2, 0.25) is 0 Å². The molecule has 2 aromatic heterocycles. The van der Waals surface area contributed by atoms with Crippen LogP contribution >= 0.6 is 0 Å². The van der Waals surface area contributed by atoms with Crippen LogP contribution < -0.4 is 10.2 Å². The predicted molar refractivity (Wildman–Crippen MR) is 121 cm³/mol. The highest BCUT2D eigenvalue weighted by Gasteiger charge is 2.29. The summed E-state index contributed by atoms with van der Waals surface area (Å²) >= 11 is 0. The van der Waals surface area contributed by atoms with E-state index in [1.54, 1.807) is 30.6 Å². The standard InChI is InChI=1S/C21H25N7O3S/c29-19(25-16-2-4-17(5-3-16)32(30,31)28-8-1-9-28)14-26-10-12-27(13-11-26)21-18-6-7-22-20(18)23-15-24-21/h2-7,15H,1,8-14H2,(H,25,29)(H,22,23,24). The van der Waals surface area contributed by atoms with Crippen LogP contribution in [0.1, 0.15) is 6.42 Å². The molecule has 0 atom stereocenters. The van der Waals surface area contributed by atoms with E-state index in [1.807, 2.05) is 12.3 Å². The van der Waals surface area contributed by atoms with Crippen molar-refractivity contribution in [2.24, 2.45) is 0 Å². The number of nitrogens with zero attached hydrogens (tertiary/aromatic N) is 5. The Morgan fingerprint density at radius 3 is 2.44 bits per heavy atom. The number of nitrogens with one attached hydrogen (secondary N) is 2. The summed E-state index contributed by atoms with van der Waals surface area (Å²) in [4.78, 5) is 28.8. The minimum atomic E-state index is -3.41. The molecule has 0 radical (unpaired) electrons. The van der Waals surface area contributed by atoms with Crippen molar-refractivity contribution in [1.82, 2.24) is 24.2 Å². The normalized spacial score (nSPS) is 17.9. The minimum Gasteiger partial charge on any atom is -0.353 e. The number of carbonyl (C=O) groups excluding carboxylic acids is 1. The molecule has 2 saturated heterocycles. The van der Waals surface area contributed by atoms with Gasteiger partial charge in [-0.15, -0.1) is 0 Å². The number of rotatable bonds is 6. The summed E-state index contributed by atoms with van der Waals surface area (Å²) in [6.07, 6.45) is 4.32. The molecule has 32 heavy (non-hydrogen) atoms. The Hall–Kier alpha value is -3.02. The zero-order valence-corrected chi connectivity index (χ0v) is 18.4. The van der Waals surface area contributed by atoms with Gasteiger partial charge in [0.1, 0.15) is 17.8 Å². The van der Waals surface area contributed by atoms with Gasteiger partial charge in [0.15, 0.2) is 0 Å². The first-order valence-electron chi connectivity index (χ1n) is 10.7. The number of piperazine rings is 1. The number of hydrogen-bond acceptors (Lipinski definition) is 7. The molecule has 3 aromatic rings. The molecule has 168 valence electrons. The number of sulfonamides is 1. The molecule has 0 aliphatic carbocycles. The molecule has 5 rings (SSSR count). The van der Waals surface area contributed by atoms with Gasteiger partial charge in [-0.05, 0) is 36.8 Å². The lowest BCUT2D eigenvalue weighted by Gasteiger charge is -2.35. The van der Waals surface area contributed by atoms with Crippen LogP contribution in [0, 0.1) is 0 Å². The van der Waals surface area contributed by atoms with Crippen LogP contribution in [0.4, 0.5) is 11.5 Å². The second-order valence-corrected chi connectivity index (χ2v) is 9.97. The second kappa shape index (κ2) is 8.49. The Kier molecular flexibility index (Phi) is 5.53. The fourth-order valence-corrected chi connectivity index (χ4v) is 5.54. The van der Waals surface area contributed by atoms with Gasteiger partial charge < -0.3 is 15.2 Å². The molecule has 10 nitrogen and oxygen atoms in total. The van der Waals surface area contributed by atoms with Crippen LogP contribution in [0.3, 0.4) is 0 Å². The van der Waals surface area contributed by atoms with Gasteiger partial charge in [0.05, 0.1) is 16.8 Å². The van der Waals surface area contributed by atoms with Gasteiger partial charge >= 0.3 is 0 Å². The SMILES string of the molecule is O=C(CN1CCN(c2ncnc3[nH]ccc23)CC1)Nc1ccc(S(=O)(=O)N2CCC2)cc1. The summed E-state index contributed by atoms with van der Waals surface area (Å²) in [5.74, 6) is 0.792. The molecule has 0 saturated carbocycles. The highest BCUT2D eigenvalue weighted by atomic mass is 32.2. The van der Waals surface area contributed by atoms with E-state index in [9.17, 15) is 13.2 Å². The van der Waals surface area contributed by atoms with Crippen molar-refractivity contribution in [3.63, 3.8) is 0 Å². The van der Waals surface area contributed by atoms with E-state index in [2.05, 4.69) is 30.1 Å². The van der Waals surface area contributed by atoms with E-state index >= 15 is 0 Å². The number of hydrogen-bond donors (Lipinski definition) is 2. The van der Waals surface area contributed by atoms with Crippen LogP contribution in [0.25, 0.3) is 11.0 Å². The van der Waals surface area contributed by atoms with Crippen LogP contribution in [0.15, 0.2) is 47.8 Å². The Morgan fingerprint density at radius 1 is 1.00 bits per heavy atom. The molecule has 2 aliphatic heterocycles. The van der Waals surface area contributed by atoms with Crippen molar-refractivity contribution in [2.75, 3.05) is 56.0 Å². The molecule has 0 spiro atoms. The molecular formula is C21H25N7O3S. The zero-order valence-electron chi connectivity index (χ0n) is 17.6. The Balaban J connectivity index is 1.14. The summed E-state index contributed by atoms with van der Waals surface area (Å²) in [5.41, 5.74) is 1.41. The molecular weight excluding hydrogens is 430 g/mol. The lowest BCUT2D eigenvalue weighted by atomic mass is 10.2. The maximum atomic E-state index is 12.5. The number of aromatic nitrogens is 3. The largest absolute Gasteiger partial charge is 0.353 e. The van der Waals surface area contributed by atoms with E-state index in [0.29, 0.717) is 18.8 Å². The monoisotopic (exact) mass is 455 g/mol. The topological polar surface area (TPSA) is 115 Å². The Morgan fingerprint density at radius 2 is 1.75 bits per heavy atom. The van der Waals surface area contributed by atoms with Crippen molar-refractivity contribution in [3.05, 3.63) is 42.9 Å². The molecule has 0 unspecified atom stereocenters. The van der Waals surface area contributed by atoms with Crippen molar-refractivity contribution in [1.29, 1.82) is 0 Å². The molecule has 1 amide bonds. The van der Waals surface area contributed by atoms with Crippen LogP contribution in [-0.4, -0.2) is 84.3 Å². The maximum Gasteiger partial charge on any atom is 0.243 e. The number of fused-ring (bicyclic) bond motifs is 1. The highest BCUT2D eigenvalue weighted by Crippen LogP contribution is 2.24. The number of amides is 1. The number of H-pyrrole nitrogens is 1. The number of benzene rings is 1. The molecule has 2 fully saturated rings. The quantitative estimate of drug-likeness (QED) is 0.572. The third-order valence-corrected chi connectivity index (χ3v) is 7.88. The molecule has 1 aromatic carbocycles. The molecule has 11 heteroatoms. The van der Waals surface area contributed by atoms with Gasteiger partial charge in [0.25, 0.3) is 0 Å². The summed E-state index contributed by atoms with van der Waals surface area (Å²) in [6.45, 7) is 4.46. The molecule has 4 heterocycles. The van der Waals surface area contributed by atoms with Gasteiger partial charge in [-0.25, -0.2) is 18.4 Å². The lowest BCUT2D eigenvalue weighted by molar-refractivity contribution is -0.117. The predicted octanol–water partition coefficient (Wildman–Crippen LogP) is 1.11. The molecule has 2 aliphatic rings. The summed E-state index contributed by atoms with van der Waals surface area (Å²) in [7, 11) is -3.41. The van der Waals surface area contributed by atoms with E-state index < -0.39 is 10.0 Å². The highest BCUT2D eigenvalue weighted by molar-refractivity contribution is 7.89. The summed E-state index contributed by atoms with van der Waals surface area (Å²) in [5, 5.41) is 3.86.